The van der Waals surface area contributed by atoms with Gasteiger partial charge in [-0.1, -0.05) is 23.2 Å². The average molecular weight is 445 g/mol. The molecule has 4 nitrogen and oxygen atoms in total. The Balaban J connectivity index is 0.00000126. The first kappa shape index (κ1) is 22.0. The van der Waals surface area contributed by atoms with E-state index in [-0.39, 0.29) is 5.82 Å². The zero-order chi connectivity index (χ0) is 19.8. The highest BCUT2D eigenvalue weighted by molar-refractivity contribution is 8.76. The number of hydrogen-bond acceptors (Lipinski definition) is 5. The zero-order valence-corrected chi connectivity index (χ0v) is 17.8. The summed E-state index contributed by atoms with van der Waals surface area (Å²) in [5.74, 6) is -0.311. The Morgan fingerprint density at radius 3 is 2.81 bits per heavy atom. The Labute approximate surface area is 176 Å². The predicted octanol–water partition coefficient (Wildman–Crippen LogP) is 5.65. The number of fused-ring (bicyclic) bond motifs is 1. The van der Waals surface area contributed by atoms with Gasteiger partial charge in [0.15, 0.2) is 0 Å². The van der Waals surface area contributed by atoms with Crippen LogP contribution in [0.3, 0.4) is 0 Å². The molecule has 2 aromatic carbocycles. The van der Waals surface area contributed by atoms with Crippen LogP contribution in [0.15, 0.2) is 44.6 Å². The summed E-state index contributed by atoms with van der Waals surface area (Å²) in [5, 5.41) is 1.27. The number of halogens is 3. The SMILES string of the molecule is C=N/C=N\SSc1cc(Cl)c(CN2CCc3cc(Cl)ccc32)cc1F.CN. The van der Waals surface area contributed by atoms with Crippen molar-refractivity contribution in [3.05, 3.63) is 57.3 Å². The molecule has 3 rings (SSSR count). The third kappa shape index (κ3) is 5.86. The number of nitrogens with zero attached hydrogens (tertiary/aromatic N) is 3. The van der Waals surface area contributed by atoms with Crippen LogP contribution in [0.5, 0.6) is 0 Å². The van der Waals surface area contributed by atoms with Gasteiger partial charge in [-0.15, -0.1) is 0 Å². The molecule has 1 heterocycles. The van der Waals surface area contributed by atoms with Gasteiger partial charge in [-0.2, -0.15) is 4.40 Å². The molecule has 0 atom stereocenters. The number of benzene rings is 2. The second-order valence-corrected chi connectivity index (χ2v) is 8.14. The summed E-state index contributed by atoms with van der Waals surface area (Å²) in [6.45, 7) is 4.71. The van der Waals surface area contributed by atoms with E-state index in [1.54, 1.807) is 6.07 Å². The second-order valence-electron chi connectivity index (χ2n) is 5.38. The molecule has 0 saturated heterocycles. The van der Waals surface area contributed by atoms with Crippen LogP contribution in [0.4, 0.5) is 10.1 Å². The van der Waals surface area contributed by atoms with E-state index < -0.39 is 0 Å². The van der Waals surface area contributed by atoms with Gasteiger partial charge in [-0.25, -0.2) is 4.39 Å². The lowest BCUT2D eigenvalue weighted by Gasteiger charge is -2.20. The maximum atomic E-state index is 14.3. The van der Waals surface area contributed by atoms with Crippen molar-refractivity contribution in [2.45, 2.75) is 17.9 Å². The van der Waals surface area contributed by atoms with Crippen LogP contribution in [-0.2, 0) is 13.0 Å². The van der Waals surface area contributed by atoms with Gasteiger partial charge in [0.25, 0.3) is 0 Å². The summed E-state index contributed by atoms with van der Waals surface area (Å²) in [6, 6.07) is 8.99. The van der Waals surface area contributed by atoms with Crippen molar-refractivity contribution in [1.29, 1.82) is 0 Å². The summed E-state index contributed by atoms with van der Waals surface area (Å²) in [4.78, 5) is 6.12. The minimum Gasteiger partial charge on any atom is -0.367 e. The second kappa shape index (κ2) is 10.9. The van der Waals surface area contributed by atoms with E-state index in [1.807, 2.05) is 18.2 Å². The van der Waals surface area contributed by atoms with Gasteiger partial charge < -0.3 is 10.6 Å². The molecule has 0 spiro atoms. The van der Waals surface area contributed by atoms with Gasteiger partial charge in [0.05, 0.1) is 15.9 Å². The van der Waals surface area contributed by atoms with E-state index in [2.05, 4.69) is 26.7 Å². The number of hydrogen-bond donors (Lipinski definition) is 1. The third-order valence-electron chi connectivity index (χ3n) is 3.79. The standard InChI is InChI=1S/C17H14Cl2FN3S2.CH5N/c1-21-10-22-25-24-17-8-14(19)12(7-15(17)20)9-23-5-4-11-6-13(18)2-3-16(11)23;1-2/h2-3,6-8,10H,1,4-5,9H2;2H2,1H3/b22-10-;. The summed E-state index contributed by atoms with van der Waals surface area (Å²) in [5.41, 5.74) is 7.59. The van der Waals surface area contributed by atoms with Crippen molar-refractivity contribution in [3.63, 3.8) is 0 Å². The molecular weight excluding hydrogens is 426 g/mol. The van der Waals surface area contributed by atoms with Crippen LogP contribution in [0.25, 0.3) is 0 Å². The lowest BCUT2D eigenvalue weighted by molar-refractivity contribution is 0.599. The minimum absolute atomic E-state index is 0.311. The smallest absolute Gasteiger partial charge is 0.138 e. The van der Waals surface area contributed by atoms with E-state index >= 15 is 0 Å². The van der Waals surface area contributed by atoms with Gasteiger partial charge >= 0.3 is 0 Å². The fourth-order valence-electron chi connectivity index (χ4n) is 2.68. The molecule has 0 saturated carbocycles. The van der Waals surface area contributed by atoms with Crippen molar-refractivity contribution in [2.75, 3.05) is 18.5 Å². The fraction of sp³-hybridized carbons (Fsp3) is 0.222. The Morgan fingerprint density at radius 1 is 1.30 bits per heavy atom. The third-order valence-corrected chi connectivity index (χ3v) is 6.15. The highest BCUT2D eigenvalue weighted by Crippen LogP contribution is 2.38. The van der Waals surface area contributed by atoms with E-state index in [1.165, 1.54) is 35.8 Å². The molecule has 0 radical (unpaired) electrons. The van der Waals surface area contributed by atoms with Crippen LogP contribution in [0.2, 0.25) is 10.0 Å². The molecular formula is C18H19Cl2FN4S2. The van der Waals surface area contributed by atoms with Gasteiger partial charge in [0, 0.05) is 28.8 Å². The fourth-order valence-corrected chi connectivity index (χ4v) is 4.56. The topological polar surface area (TPSA) is 54.0 Å². The minimum atomic E-state index is -0.311. The monoisotopic (exact) mass is 444 g/mol. The van der Waals surface area contributed by atoms with Crippen LogP contribution in [0, 0.1) is 5.82 Å². The Kier molecular flexibility index (Phi) is 8.92. The van der Waals surface area contributed by atoms with Crippen LogP contribution in [-0.4, -0.2) is 26.6 Å². The molecule has 0 aliphatic carbocycles. The first-order valence-corrected chi connectivity index (χ1v) is 10.8. The maximum absolute atomic E-state index is 14.3. The molecule has 0 unspecified atom stereocenters. The molecule has 2 N–H and O–H groups in total. The summed E-state index contributed by atoms with van der Waals surface area (Å²) in [6.07, 6.45) is 2.23. The molecule has 144 valence electrons. The van der Waals surface area contributed by atoms with Crippen molar-refractivity contribution in [1.82, 2.24) is 0 Å². The van der Waals surface area contributed by atoms with Crippen molar-refractivity contribution >= 4 is 63.7 Å². The highest BCUT2D eigenvalue weighted by atomic mass is 35.5. The van der Waals surface area contributed by atoms with E-state index in [0.717, 1.165) is 40.2 Å². The van der Waals surface area contributed by atoms with Gasteiger partial charge in [-0.05, 0) is 72.4 Å². The highest BCUT2D eigenvalue weighted by Gasteiger charge is 2.21. The van der Waals surface area contributed by atoms with Crippen LogP contribution < -0.4 is 10.6 Å². The first-order valence-electron chi connectivity index (χ1n) is 7.99. The summed E-state index contributed by atoms with van der Waals surface area (Å²) < 4.78 is 18.2. The van der Waals surface area contributed by atoms with Crippen molar-refractivity contribution in [2.24, 2.45) is 15.1 Å². The summed E-state index contributed by atoms with van der Waals surface area (Å²) >= 11 is 12.4. The van der Waals surface area contributed by atoms with Crippen LogP contribution >= 0.6 is 45.0 Å². The van der Waals surface area contributed by atoms with Gasteiger partial charge in [-0.3, -0.25) is 4.99 Å². The van der Waals surface area contributed by atoms with Crippen LogP contribution in [0.1, 0.15) is 11.1 Å². The van der Waals surface area contributed by atoms with E-state index in [4.69, 9.17) is 23.2 Å². The van der Waals surface area contributed by atoms with Crippen molar-refractivity contribution in [3.8, 4) is 0 Å². The molecule has 0 aromatic heterocycles. The van der Waals surface area contributed by atoms with Crippen molar-refractivity contribution < 1.29 is 4.39 Å². The predicted molar refractivity (Wildman–Crippen MR) is 119 cm³/mol. The Bertz CT molecular complexity index is 833. The number of nitrogens with two attached hydrogens (primary N) is 1. The largest absolute Gasteiger partial charge is 0.367 e. The van der Waals surface area contributed by atoms with Gasteiger partial charge in [0.1, 0.15) is 12.2 Å². The number of anilines is 1. The summed E-state index contributed by atoms with van der Waals surface area (Å²) in [7, 11) is 3.80. The van der Waals surface area contributed by atoms with E-state index in [9.17, 15) is 4.39 Å². The molecule has 1 aliphatic rings. The normalized spacial score (nSPS) is 12.7. The molecule has 0 bridgehead atoms. The number of rotatable bonds is 6. The molecule has 2 aromatic rings. The molecule has 0 amide bonds. The lowest BCUT2D eigenvalue weighted by Crippen LogP contribution is -2.20. The zero-order valence-electron chi connectivity index (χ0n) is 14.7. The molecule has 1 aliphatic heterocycles. The maximum Gasteiger partial charge on any atom is 0.138 e. The molecule has 0 fully saturated rings. The van der Waals surface area contributed by atoms with E-state index in [0.29, 0.717) is 16.5 Å². The lowest BCUT2D eigenvalue weighted by atomic mass is 10.1. The quantitative estimate of drug-likeness (QED) is 0.270. The number of aliphatic imine (C=N–C) groups is 1. The Hall–Kier alpha value is -1.25. The molecule has 9 heteroatoms. The van der Waals surface area contributed by atoms with Gasteiger partial charge in [0.2, 0.25) is 0 Å². The Morgan fingerprint density at radius 2 is 2.07 bits per heavy atom. The average Bonchev–Trinajstić information content (AvgIpc) is 3.06. The molecule has 27 heavy (non-hydrogen) atoms. The first-order chi connectivity index (χ1) is 13.1.